The molecular weight excluding hydrogens is 278 g/mol. The largest absolute Gasteiger partial charge is 0.493 e. The van der Waals surface area contributed by atoms with Gasteiger partial charge in [0.2, 0.25) is 10.0 Å². The second kappa shape index (κ2) is 5.35. The molecule has 2 rings (SSSR count). The van der Waals surface area contributed by atoms with E-state index in [1.54, 1.807) is 39.0 Å². The van der Waals surface area contributed by atoms with Gasteiger partial charge in [0.25, 0.3) is 0 Å². The predicted molar refractivity (Wildman–Crippen MR) is 76.4 cm³/mol. The molecule has 0 fully saturated rings. The molecule has 0 radical (unpaired) electrons. The van der Waals surface area contributed by atoms with Gasteiger partial charge in [-0.15, -0.1) is 0 Å². The molecule has 5 nitrogen and oxygen atoms in total. The highest BCUT2D eigenvalue weighted by Gasteiger charge is 2.29. The van der Waals surface area contributed by atoms with Crippen LogP contribution in [0.3, 0.4) is 0 Å². The van der Waals surface area contributed by atoms with Crippen molar-refractivity contribution < 1.29 is 18.3 Å². The van der Waals surface area contributed by atoms with Gasteiger partial charge in [0.05, 0.1) is 17.1 Å². The Hall–Kier alpha value is -1.11. The van der Waals surface area contributed by atoms with Gasteiger partial charge < -0.3 is 9.84 Å². The van der Waals surface area contributed by atoms with Crippen molar-refractivity contribution in [2.75, 3.05) is 19.7 Å². The molecule has 0 unspecified atom stereocenters. The van der Waals surface area contributed by atoms with Crippen molar-refractivity contribution in [3.05, 3.63) is 23.8 Å². The summed E-state index contributed by atoms with van der Waals surface area (Å²) in [6, 6.07) is 4.93. The lowest BCUT2D eigenvalue weighted by molar-refractivity contribution is 0.0601. The first-order chi connectivity index (χ1) is 9.24. The Balaban J connectivity index is 2.33. The zero-order valence-electron chi connectivity index (χ0n) is 12.1. The summed E-state index contributed by atoms with van der Waals surface area (Å²) in [5, 5.41) is 9.86. The third kappa shape index (κ3) is 3.13. The summed E-state index contributed by atoms with van der Waals surface area (Å²) >= 11 is 0. The van der Waals surface area contributed by atoms with Crippen LogP contribution in [0.1, 0.15) is 26.3 Å². The fourth-order valence-electron chi connectivity index (χ4n) is 2.27. The molecular formula is C14H21NO4S. The molecule has 0 atom stereocenters. The van der Waals surface area contributed by atoms with Crippen LogP contribution in [0.25, 0.3) is 0 Å². The third-order valence-corrected chi connectivity index (χ3v) is 5.13. The zero-order chi connectivity index (χ0) is 15.0. The van der Waals surface area contributed by atoms with Gasteiger partial charge in [0.1, 0.15) is 5.75 Å². The maximum Gasteiger partial charge on any atom is 0.243 e. The van der Waals surface area contributed by atoms with Crippen LogP contribution in [0.4, 0.5) is 0 Å². The quantitative estimate of drug-likeness (QED) is 0.892. The number of sulfonamides is 1. The van der Waals surface area contributed by atoms with E-state index < -0.39 is 15.6 Å². The van der Waals surface area contributed by atoms with Gasteiger partial charge in [-0.3, -0.25) is 0 Å². The Morgan fingerprint density at radius 2 is 2.10 bits per heavy atom. The van der Waals surface area contributed by atoms with E-state index in [0.29, 0.717) is 13.2 Å². The van der Waals surface area contributed by atoms with E-state index in [2.05, 4.69) is 0 Å². The maximum absolute atomic E-state index is 12.6. The summed E-state index contributed by atoms with van der Waals surface area (Å²) in [6.07, 6.45) is 0.732. The number of benzene rings is 1. The monoisotopic (exact) mass is 299 g/mol. The van der Waals surface area contributed by atoms with Gasteiger partial charge >= 0.3 is 0 Å². The van der Waals surface area contributed by atoms with E-state index in [1.807, 2.05) is 0 Å². The molecule has 1 N–H and O–H groups in total. The van der Waals surface area contributed by atoms with Crippen molar-refractivity contribution >= 4 is 10.0 Å². The maximum atomic E-state index is 12.6. The first-order valence-electron chi connectivity index (χ1n) is 6.72. The van der Waals surface area contributed by atoms with E-state index in [0.717, 1.165) is 17.7 Å². The minimum atomic E-state index is -3.59. The molecule has 1 aliphatic rings. The second-order valence-corrected chi connectivity index (χ2v) is 7.55. The highest BCUT2D eigenvalue weighted by Crippen LogP contribution is 2.29. The molecule has 112 valence electrons. The molecule has 0 saturated heterocycles. The molecule has 0 aromatic heterocycles. The van der Waals surface area contributed by atoms with Crippen LogP contribution in [-0.2, 0) is 16.4 Å². The van der Waals surface area contributed by atoms with Gasteiger partial charge in [0, 0.05) is 19.5 Å². The summed E-state index contributed by atoms with van der Waals surface area (Å²) in [6.45, 7) is 5.95. The zero-order valence-corrected chi connectivity index (χ0v) is 12.9. The normalized spacial score (nSPS) is 15.2. The highest BCUT2D eigenvalue weighted by atomic mass is 32.2. The molecule has 0 aliphatic carbocycles. The van der Waals surface area contributed by atoms with Crippen LogP contribution >= 0.6 is 0 Å². The van der Waals surface area contributed by atoms with Crippen molar-refractivity contribution in [3.63, 3.8) is 0 Å². The number of likely N-dealkylation sites (N-methyl/N-ethyl adjacent to an activating group) is 1. The molecule has 1 aliphatic heterocycles. The van der Waals surface area contributed by atoms with Gasteiger partial charge in [-0.05, 0) is 37.6 Å². The Bertz CT molecular complexity index is 590. The van der Waals surface area contributed by atoms with Gasteiger partial charge in [0.15, 0.2) is 0 Å². The third-order valence-electron chi connectivity index (χ3n) is 3.21. The SMILES string of the molecule is CCN(CC(C)(C)O)S(=O)(=O)c1ccc2c(c1)CCO2. The Morgan fingerprint density at radius 3 is 2.70 bits per heavy atom. The van der Waals surface area contributed by atoms with Crippen LogP contribution < -0.4 is 4.74 Å². The molecule has 1 aromatic carbocycles. The van der Waals surface area contributed by atoms with Crippen LogP contribution in [-0.4, -0.2) is 43.1 Å². The first-order valence-corrected chi connectivity index (χ1v) is 8.16. The van der Waals surface area contributed by atoms with Crippen LogP contribution in [0.5, 0.6) is 5.75 Å². The van der Waals surface area contributed by atoms with Crippen molar-refractivity contribution in [1.29, 1.82) is 0 Å². The fourth-order valence-corrected chi connectivity index (χ4v) is 3.93. The second-order valence-electron chi connectivity index (χ2n) is 5.61. The van der Waals surface area contributed by atoms with Crippen molar-refractivity contribution in [3.8, 4) is 5.75 Å². The summed E-state index contributed by atoms with van der Waals surface area (Å²) in [4.78, 5) is 0.257. The molecule has 1 heterocycles. The minimum absolute atomic E-state index is 0.0689. The fraction of sp³-hybridized carbons (Fsp3) is 0.571. The molecule has 1 aromatic rings. The first kappa shape index (κ1) is 15.3. The van der Waals surface area contributed by atoms with E-state index in [1.165, 1.54) is 4.31 Å². The summed E-state index contributed by atoms with van der Waals surface area (Å²) < 4.78 is 31.9. The summed E-state index contributed by atoms with van der Waals surface area (Å²) in [5.74, 6) is 0.759. The number of fused-ring (bicyclic) bond motifs is 1. The average molecular weight is 299 g/mol. The van der Waals surface area contributed by atoms with Gasteiger partial charge in [-0.25, -0.2) is 8.42 Å². The van der Waals surface area contributed by atoms with Crippen molar-refractivity contribution in [2.24, 2.45) is 0 Å². The standard InChI is InChI=1S/C14H21NO4S/c1-4-15(10-14(2,3)16)20(17,18)12-5-6-13-11(9-12)7-8-19-13/h5-6,9,16H,4,7-8,10H2,1-3H3. The lowest BCUT2D eigenvalue weighted by atomic mass is 10.1. The van der Waals surface area contributed by atoms with Gasteiger partial charge in [-0.1, -0.05) is 6.92 Å². The van der Waals surface area contributed by atoms with Crippen LogP contribution in [0.15, 0.2) is 23.1 Å². The van der Waals surface area contributed by atoms with Crippen molar-refractivity contribution in [1.82, 2.24) is 4.31 Å². The summed E-state index contributed by atoms with van der Waals surface area (Å²) in [5.41, 5.74) is -0.145. The number of nitrogens with zero attached hydrogens (tertiary/aromatic N) is 1. The molecule has 6 heteroatoms. The molecule has 0 spiro atoms. The minimum Gasteiger partial charge on any atom is -0.493 e. The number of ether oxygens (including phenoxy) is 1. The van der Waals surface area contributed by atoms with Crippen LogP contribution in [0, 0.1) is 0 Å². The lowest BCUT2D eigenvalue weighted by Gasteiger charge is -2.27. The van der Waals surface area contributed by atoms with E-state index in [-0.39, 0.29) is 11.4 Å². The van der Waals surface area contributed by atoms with E-state index >= 15 is 0 Å². The van der Waals surface area contributed by atoms with E-state index in [9.17, 15) is 13.5 Å². The molecule has 0 bridgehead atoms. The highest BCUT2D eigenvalue weighted by molar-refractivity contribution is 7.89. The number of hydrogen-bond donors (Lipinski definition) is 1. The van der Waals surface area contributed by atoms with Gasteiger partial charge in [-0.2, -0.15) is 4.31 Å². The number of aliphatic hydroxyl groups is 1. The molecule has 20 heavy (non-hydrogen) atoms. The van der Waals surface area contributed by atoms with E-state index in [4.69, 9.17) is 4.74 Å². The lowest BCUT2D eigenvalue weighted by Crippen LogP contribution is -2.42. The smallest absolute Gasteiger partial charge is 0.243 e. The summed E-state index contributed by atoms with van der Waals surface area (Å²) in [7, 11) is -3.59. The average Bonchev–Trinajstić information content (AvgIpc) is 2.81. The predicted octanol–water partition coefficient (Wildman–Crippen LogP) is 1.40. The molecule has 0 saturated carbocycles. The number of rotatable bonds is 5. The molecule has 0 amide bonds. The Morgan fingerprint density at radius 1 is 1.40 bits per heavy atom. The number of hydrogen-bond acceptors (Lipinski definition) is 4. The van der Waals surface area contributed by atoms with Crippen molar-refractivity contribution in [2.45, 2.75) is 37.7 Å². The Labute approximate surface area is 120 Å². The van der Waals surface area contributed by atoms with Crippen LogP contribution in [0.2, 0.25) is 0 Å². The topological polar surface area (TPSA) is 66.8 Å². The Kier molecular flexibility index (Phi) is 4.09.